The van der Waals surface area contributed by atoms with Gasteiger partial charge < -0.3 is 4.90 Å². The molecule has 4 rings (SSSR count). The molecule has 0 spiro atoms. The largest absolute Gasteiger partial charge is 0.354 e. The first-order chi connectivity index (χ1) is 12.2. The van der Waals surface area contributed by atoms with E-state index in [2.05, 4.69) is 15.2 Å². The predicted molar refractivity (Wildman–Crippen MR) is 108 cm³/mol. The Labute approximate surface area is 162 Å². The second-order valence-corrected chi connectivity index (χ2v) is 6.27. The van der Waals surface area contributed by atoms with Crippen LogP contribution in [0.2, 0.25) is 5.02 Å². The average Bonchev–Trinajstić information content (AvgIpc) is 3.17. The summed E-state index contributed by atoms with van der Waals surface area (Å²) in [5.41, 5.74) is 4.87. The molecule has 0 aliphatic carbocycles. The van der Waals surface area contributed by atoms with Crippen molar-refractivity contribution in [2.24, 2.45) is 0 Å². The first kappa shape index (κ1) is 18.2. The number of halogens is 2. The number of benzene rings is 2. The number of aromatic nitrogens is 4. The fourth-order valence-electron chi connectivity index (χ4n) is 2.74. The van der Waals surface area contributed by atoms with Gasteiger partial charge in [-0.2, -0.15) is 5.10 Å². The van der Waals surface area contributed by atoms with Crippen molar-refractivity contribution in [3.05, 3.63) is 71.6 Å². The summed E-state index contributed by atoms with van der Waals surface area (Å²) in [6.45, 7) is 0.674. The molecule has 2 heterocycles. The average molecular weight is 386 g/mol. The topological polar surface area (TPSA) is 57.7 Å². The number of hydrogen-bond acceptors (Lipinski definition) is 4. The molecular weight excluding hydrogens is 369 g/mol. The standard InChI is InChI=1S/C19H16ClN5.ClH/c1-25(12-14-4-2-3-5-16(14)20)19-11-21-18-8-13(6-7-17(18)24-19)15-9-22-23-10-15;/h2-11H,12H2,1H3,(H,22,23);1H. The van der Waals surface area contributed by atoms with Crippen molar-refractivity contribution in [3.63, 3.8) is 0 Å². The third kappa shape index (κ3) is 3.64. The second-order valence-electron chi connectivity index (χ2n) is 5.87. The molecule has 0 aliphatic heterocycles. The monoisotopic (exact) mass is 385 g/mol. The maximum atomic E-state index is 6.25. The number of fused-ring (bicyclic) bond motifs is 1. The Morgan fingerprint density at radius 1 is 1.04 bits per heavy atom. The molecule has 0 aliphatic rings. The van der Waals surface area contributed by atoms with Gasteiger partial charge in [0, 0.05) is 30.4 Å². The Morgan fingerprint density at radius 2 is 1.88 bits per heavy atom. The number of nitrogens with zero attached hydrogens (tertiary/aromatic N) is 4. The van der Waals surface area contributed by atoms with E-state index in [0.717, 1.165) is 38.6 Å². The highest BCUT2D eigenvalue weighted by atomic mass is 35.5. The third-order valence-corrected chi connectivity index (χ3v) is 4.49. The summed E-state index contributed by atoms with van der Waals surface area (Å²) >= 11 is 6.25. The first-order valence-electron chi connectivity index (χ1n) is 7.91. The van der Waals surface area contributed by atoms with E-state index in [9.17, 15) is 0 Å². The van der Waals surface area contributed by atoms with Crippen LogP contribution in [0.4, 0.5) is 5.82 Å². The van der Waals surface area contributed by atoms with E-state index in [1.807, 2.05) is 60.6 Å². The molecule has 1 N–H and O–H groups in total. The number of H-pyrrole nitrogens is 1. The van der Waals surface area contributed by atoms with E-state index in [4.69, 9.17) is 16.6 Å². The van der Waals surface area contributed by atoms with Crippen molar-refractivity contribution >= 4 is 40.9 Å². The first-order valence-corrected chi connectivity index (χ1v) is 8.29. The van der Waals surface area contributed by atoms with Crippen LogP contribution in [0.3, 0.4) is 0 Å². The lowest BCUT2D eigenvalue weighted by atomic mass is 10.1. The fraction of sp³-hybridized carbons (Fsp3) is 0.105. The molecule has 0 saturated carbocycles. The molecule has 0 bridgehead atoms. The van der Waals surface area contributed by atoms with Crippen molar-refractivity contribution in [1.82, 2.24) is 20.2 Å². The van der Waals surface area contributed by atoms with Gasteiger partial charge in [-0.05, 0) is 29.3 Å². The van der Waals surface area contributed by atoms with E-state index in [1.165, 1.54) is 0 Å². The molecule has 0 radical (unpaired) electrons. The summed E-state index contributed by atoms with van der Waals surface area (Å²) < 4.78 is 0. The van der Waals surface area contributed by atoms with Gasteiger partial charge in [0.15, 0.2) is 0 Å². The molecule has 0 atom stereocenters. The van der Waals surface area contributed by atoms with Crippen LogP contribution in [-0.2, 0) is 6.54 Å². The van der Waals surface area contributed by atoms with Crippen LogP contribution in [0.25, 0.3) is 22.2 Å². The van der Waals surface area contributed by atoms with Gasteiger partial charge in [-0.3, -0.25) is 10.1 Å². The van der Waals surface area contributed by atoms with Gasteiger partial charge in [-0.15, -0.1) is 12.4 Å². The van der Waals surface area contributed by atoms with E-state index in [-0.39, 0.29) is 12.4 Å². The number of nitrogens with one attached hydrogen (secondary N) is 1. The Balaban J connectivity index is 0.00000196. The van der Waals surface area contributed by atoms with Crippen molar-refractivity contribution in [3.8, 4) is 11.1 Å². The van der Waals surface area contributed by atoms with Crippen LogP contribution in [-0.4, -0.2) is 27.2 Å². The van der Waals surface area contributed by atoms with E-state index in [1.54, 1.807) is 12.4 Å². The summed E-state index contributed by atoms with van der Waals surface area (Å²) in [6, 6.07) is 13.9. The third-order valence-electron chi connectivity index (χ3n) is 4.12. The zero-order valence-corrected chi connectivity index (χ0v) is 15.6. The van der Waals surface area contributed by atoms with Gasteiger partial charge in [0.1, 0.15) is 5.82 Å². The summed E-state index contributed by atoms with van der Waals surface area (Å²) in [5.74, 6) is 0.809. The fourth-order valence-corrected chi connectivity index (χ4v) is 2.93. The molecule has 26 heavy (non-hydrogen) atoms. The summed E-state index contributed by atoms with van der Waals surface area (Å²) in [7, 11) is 1.99. The Hall–Kier alpha value is -2.63. The van der Waals surface area contributed by atoms with Gasteiger partial charge >= 0.3 is 0 Å². The van der Waals surface area contributed by atoms with E-state index >= 15 is 0 Å². The minimum atomic E-state index is 0. The zero-order valence-electron chi connectivity index (χ0n) is 14.1. The highest BCUT2D eigenvalue weighted by Gasteiger charge is 2.09. The molecule has 0 amide bonds. The van der Waals surface area contributed by atoms with Gasteiger partial charge in [-0.1, -0.05) is 35.9 Å². The van der Waals surface area contributed by atoms with Gasteiger partial charge in [-0.25, -0.2) is 4.98 Å². The molecule has 7 heteroatoms. The Kier molecular flexibility index (Phi) is 5.40. The quantitative estimate of drug-likeness (QED) is 0.551. The lowest BCUT2D eigenvalue weighted by Gasteiger charge is -2.19. The van der Waals surface area contributed by atoms with Crippen molar-refractivity contribution in [2.45, 2.75) is 6.54 Å². The van der Waals surface area contributed by atoms with Crippen LogP contribution in [0, 0.1) is 0 Å². The molecule has 2 aromatic heterocycles. The molecular formula is C19H17Cl2N5. The van der Waals surface area contributed by atoms with E-state index < -0.39 is 0 Å². The Bertz CT molecular complexity index is 1020. The normalized spacial score (nSPS) is 10.5. The van der Waals surface area contributed by atoms with Crippen LogP contribution < -0.4 is 4.90 Å². The van der Waals surface area contributed by atoms with Crippen molar-refractivity contribution < 1.29 is 0 Å². The summed E-state index contributed by atoms with van der Waals surface area (Å²) in [6.07, 6.45) is 5.44. The van der Waals surface area contributed by atoms with Gasteiger partial charge in [0.25, 0.3) is 0 Å². The molecule has 5 nitrogen and oxygen atoms in total. The van der Waals surface area contributed by atoms with Crippen LogP contribution in [0.1, 0.15) is 5.56 Å². The number of rotatable bonds is 4. The molecule has 132 valence electrons. The predicted octanol–water partition coefficient (Wildman–Crippen LogP) is 4.73. The molecule has 0 unspecified atom stereocenters. The highest BCUT2D eigenvalue weighted by Crippen LogP contribution is 2.24. The maximum Gasteiger partial charge on any atom is 0.147 e. The summed E-state index contributed by atoms with van der Waals surface area (Å²) in [4.78, 5) is 11.3. The van der Waals surface area contributed by atoms with Gasteiger partial charge in [0.05, 0.1) is 23.4 Å². The van der Waals surface area contributed by atoms with Gasteiger partial charge in [0.2, 0.25) is 0 Å². The molecule has 4 aromatic rings. The number of anilines is 1. The number of aromatic amines is 1. The summed E-state index contributed by atoms with van der Waals surface area (Å²) in [5, 5.41) is 7.57. The SMILES string of the molecule is CN(Cc1ccccc1Cl)c1cnc2cc(-c3cn[nH]c3)ccc2n1.Cl. The smallest absolute Gasteiger partial charge is 0.147 e. The number of hydrogen-bond donors (Lipinski definition) is 1. The van der Waals surface area contributed by atoms with Crippen molar-refractivity contribution in [1.29, 1.82) is 0 Å². The molecule has 0 fully saturated rings. The molecule has 2 aromatic carbocycles. The second kappa shape index (κ2) is 7.72. The van der Waals surface area contributed by atoms with Crippen LogP contribution in [0.15, 0.2) is 61.1 Å². The lowest BCUT2D eigenvalue weighted by molar-refractivity contribution is 0.897. The maximum absolute atomic E-state index is 6.25. The zero-order chi connectivity index (χ0) is 17.2. The van der Waals surface area contributed by atoms with Crippen molar-refractivity contribution in [2.75, 3.05) is 11.9 Å². The van der Waals surface area contributed by atoms with E-state index in [0.29, 0.717) is 6.54 Å². The van der Waals surface area contributed by atoms with Crippen LogP contribution >= 0.6 is 24.0 Å². The van der Waals surface area contributed by atoms with Crippen LogP contribution in [0.5, 0.6) is 0 Å². The minimum absolute atomic E-state index is 0. The minimum Gasteiger partial charge on any atom is -0.354 e. The lowest BCUT2D eigenvalue weighted by Crippen LogP contribution is -2.18. The highest BCUT2D eigenvalue weighted by molar-refractivity contribution is 6.31. The Morgan fingerprint density at radius 3 is 2.65 bits per heavy atom. The molecule has 0 saturated heterocycles.